The fourth-order valence-electron chi connectivity index (χ4n) is 1.99. The summed E-state index contributed by atoms with van der Waals surface area (Å²) >= 11 is 7.11. The fraction of sp³-hybridized carbons (Fsp3) is 0.0588. The van der Waals surface area contributed by atoms with Crippen LogP contribution < -0.4 is 4.74 Å². The first-order valence-corrected chi connectivity index (χ1v) is 7.91. The summed E-state index contributed by atoms with van der Waals surface area (Å²) in [5, 5.41) is 2.37. The van der Waals surface area contributed by atoms with Crippen LogP contribution in [0.2, 0.25) is 0 Å². The summed E-state index contributed by atoms with van der Waals surface area (Å²) in [7, 11) is 0. The van der Waals surface area contributed by atoms with Gasteiger partial charge in [0.1, 0.15) is 17.4 Å². The van der Waals surface area contributed by atoms with Crippen molar-refractivity contribution in [3.8, 4) is 16.3 Å². The van der Waals surface area contributed by atoms with Crippen LogP contribution in [-0.2, 0) is 6.61 Å². The van der Waals surface area contributed by atoms with Crippen LogP contribution in [-0.4, -0.2) is 10.2 Å². The summed E-state index contributed by atoms with van der Waals surface area (Å²) in [6.45, 7) is 0.296. The van der Waals surface area contributed by atoms with Crippen LogP contribution in [0.3, 0.4) is 0 Å². The van der Waals surface area contributed by atoms with Crippen LogP contribution in [0, 0.1) is 0 Å². The van der Waals surface area contributed by atoms with E-state index in [1.807, 2.05) is 35.7 Å². The average Bonchev–Trinajstić information content (AvgIpc) is 3.03. The van der Waals surface area contributed by atoms with Crippen molar-refractivity contribution in [2.45, 2.75) is 6.61 Å². The highest BCUT2D eigenvalue weighted by Crippen LogP contribution is 2.25. The molecule has 0 fully saturated rings. The molecule has 1 heterocycles. The van der Waals surface area contributed by atoms with Gasteiger partial charge in [0.25, 0.3) is 5.24 Å². The van der Waals surface area contributed by atoms with Gasteiger partial charge in [-0.2, -0.15) is 0 Å². The molecule has 0 unspecified atom stereocenters. The number of hydrogen-bond donors (Lipinski definition) is 0. The predicted molar refractivity (Wildman–Crippen MR) is 88.5 cm³/mol. The molecule has 1 aromatic heterocycles. The van der Waals surface area contributed by atoms with Crippen LogP contribution >= 0.6 is 22.9 Å². The van der Waals surface area contributed by atoms with E-state index in [1.54, 1.807) is 35.6 Å². The molecule has 0 aliphatic carbocycles. The Bertz CT molecular complexity index is 786. The third-order valence-electron chi connectivity index (χ3n) is 3.05. The second-order valence-electron chi connectivity index (χ2n) is 4.57. The first-order chi connectivity index (χ1) is 10.7. The van der Waals surface area contributed by atoms with Crippen molar-refractivity contribution in [2.24, 2.45) is 0 Å². The number of halogens is 1. The zero-order valence-corrected chi connectivity index (χ0v) is 13.1. The van der Waals surface area contributed by atoms with E-state index in [0.717, 1.165) is 16.3 Å². The smallest absolute Gasteiger partial charge is 0.256 e. The molecule has 2 aromatic carbocycles. The standard InChI is InChI=1S/C17H12ClNO2S/c18-16(20)14-8-4-5-9-15(14)21-10-13-11-22-17(19-13)12-6-2-1-3-7-12/h1-9,11H,10H2. The van der Waals surface area contributed by atoms with E-state index < -0.39 is 5.24 Å². The maximum Gasteiger partial charge on any atom is 0.256 e. The van der Waals surface area contributed by atoms with E-state index in [2.05, 4.69) is 4.98 Å². The Labute approximate surface area is 137 Å². The lowest BCUT2D eigenvalue weighted by Gasteiger charge is -2.07. The summed E-state index contributed by atoms with van der Waals surface area (Å²) in [5.74, 6) is 0.469. The van der Waals surface area contributed by atoms with Crippen LogP contribution in [0.15, 0.2) is 60.0 Å². The van der Waals surface area contributed by atoms with Crippen molar-refractivity contribution in [1.82, 2.24) is 4.98 Å². The number of thiazole rings is 1. The van der Waals surface area contributed by atoms with Crippen LogP contribution in [0.4, 0.5) is 0 Å². The zero-order chi connectivity index (χ0) is 15.4. The minimum absolute atomic E-state index is 0.296. The molecule has 0 atom stereocenters. The van der Waals surface area contributed by atoms with Gasteiger partial charge in [-0.15, -0.1) is 11.3 Å². The van der Waals surface area contributed by atoms with Gasteiger partial charge < -0.3 is 4.74 Å². The molecule has 0 N–H and O–H groups in total. The zero-order valence-electron chi connectivity index (χ0n) is 11.5. The van der Waals surface area contributed by atoms with E-state index in [4.69, 9.17) is 16.3 Å². The van der Waals surface area contributed by atoms with Crippen molar-refractivity contribution >= 4 is 28.2 Å². The first-order valence-electron chi connectivity index (χ1n) is 6.65. The third kappa shape index (κ3) is 3.35. The highest BCUT2D eigenvalue weighted by atomic mass is 35.5. The van der Waals surface area contributed by atoms with Gasteiger partial charge in [0, 0.05) is 10.9 Å². The minimum Gasteiger partial charge on any atom is -0.486 e. The highest BCUT2D eigenvalue weighted by Gasteiger charge is 2.10. The molecule has 0 aliphatic rings. The fourth-order valence-corrected chi connectivity index (χ4v) is 2.96. The molecular formula is C17H12ClNO2S. The van der Waals surface area contributed by atoms with Crippen LogP contribution in [0.25, 0.3) is 10.6 Å². The number of carbonyl (C=O) groups is 1. The lowest BCUT2D eigenvalue weighted by atomic mass is 10.2. The Kier molecular flexibility index (Phi) is 4.51. The minimum atomic E-state index is -0.529. The van der Waals surface area contributed by atoms with Crippen molar-refractivity contribution in [2.75, 3.05) is 0 Å². The van der Waals surface area contributed by atoms with Gasteiger partial charge >= 0.3 is 0 Å². The third-order valence-corrected chi connectivity index (χ3v) is 4.19. The molecule has 3 nitrogen and oxygen atoms in total. The van der Waals surface area contributed by atoms with E-state index in [9.17, 15) is 4.79 Å². The van der Waals surface area contributed by atoms with Gasteiger partial charge in [0.05, 0.1) is 11.3 Å². The Morgan fingerprint density at radius 2 is 1.82 bits per heavy atom. The van der Waals surface area contributed by atoms with Gasteiger partial charge in [-0.05, 0) is 23.7 Å². The molecule has 0 amide bonds. The Hall–Kier alpha value is -2.17. The number of hydrogen-bond acceptors (Lipinski definition) is 4. The Morgan fingerprint density at radius 1 is 1.09 bits per heavy atom. The number of carbonyl (C=O) groups excluding carboxylic acids is 1. The Balaban J connectivity index is 1.73. The van der Waals surface area contributed by atoms with Gasteiger partial charge in [-0.25, -0.2) is 4.98 Å². The Morgan fingerprint density at radius 3 is 2.59 bits per heavy atom. The number of benzene rings is 2. The van der Waals surface area contributed by atoms with Crippen LogP contribution in [0.1, 0.15) is 16.1 Å². The second kappa shape index (κ2) is 6.73. The molecule has 0 spiro atoms. The molecule has 3 rings (SSSR count). The summed E-state index contributed by atoms with van der Waals surface area (Å²) in [6, 6.07) is 16.9. The molecule has 110 valence electrons. The largest absolute Gasteiger partial charge is 0.486 e. The molecule has 0 aliphatic heterocycles. The van der Waals surface area contributed by atoms with E-state index in [0.29, 0.717) is 17.9 Å². The van der Waals surface area contributed by atoms with Gasteiger partial charge in [0.15, 0.2) is 0 Å². The number of ether oxygens (including phenoxy) is 1. The highest BCUT2D eigenvalue weighted by molar-refractivity contribution is 7.13. The monoisotopic (exact) mass is 329 g/mol. The van der Waals surface area contributed by atoms with Gasteiger partial charge in [-0.3, -0.25) is 4.79 Å². The average molecular weight is 330 g/mol. The van der Waals surface area contributed by atoms with Gasteiger partial charge in [0.2, 0.25) is 0 Å². The van der Waals surface area contributed by atoms with Crippen molar-refractivity contribution in [3.05, 3.63) is 71.2 Å². The number of aromatic nitrogens is 1. The molecule has 0 radical (unpaired) electrons. The summed E-state index contributed by atoms with van der Waals surface area (Å²) in [4.78, 5) is 15.9. The number of nitrogens with zero attached hydrogens (tertiary/aromatic N) is 1. The van der Waals surface area contributed by atoms with Crippen molar-refractivity contribution in [1.29, 1.82) is 0 Å². The molecule has 0 saturated carbocycles. The quantitative estimate of drug-likeness (QED) is 0.633. The molecule has 0 bridgehead atoms. The van der Waals surface area contributed by atoms with Gasteiger partial charge in [-0.1, -0.05) is 42.5 Å². The number of para-hydroxylation sites is 1. The molecule has 0 saturated heterocycles. The van der Waals surface area contributed by atoms with Crippen molar-refractivity contribution < 1.29 is 9.53 Å². The van der Waals surface area contributed by atoms with Crippen LogP contribution in [0.5, 0.6) is 5.75 Å². The van der Waals surface area contributed by atoms with E-state index in [-0.39, 0.29) is 0 Å². The summed E-state index contributed by atoms with van der Waals surface area (Å²) in [6.07, 6.45) is 0. The maximum absolute atomic E-state index is 11.3. The lowest BCUT2D eigenvalue weighted by molar-refractivity contribution is 0.107. The molecule has 3 aromatic rings. The topological polar surface area (TPSA) is 39.2 Å². The van der Waals surface area contributed by atoms with E-state index in [1.165, 1.54) is 0 Å². The van der Waals surface area contributed by atoms with Crippen molar-refractivity contribution in [3.63, 3.8) is 0 Å². The normalized spacial score (nSPS) is 10.4. The molecule has 5 heteroatoms. The summed E-state index contributed by atoms with van der Waals surface area (Å²) < 4.78 is 5.67. The lowest BCUT2D eigenvalue weighted by Crippen LogP contribution is -2.00. The second-order valence-corrected chi connectivity index (χ2v) is 5.77. The molecular weight excluding hydrogens is 318 g/mol. The SMILES string of the molecule is O=C(Cl)c1ccccc1OCc1csc(-c2ccccc2)n1. The number of rotatable bonds is 5. The first kappa shape index (κ1) is 14.8. The summed E-state index contributed by atoms with van der Waals surface area (Å²) in [5.41, 5.74) is 2.26. The van der Waals surface area contributed by atoms with E-state index >= 15 is 0 Å². The molecule has 22 heavy (non-hydrogen) atoms. The maximum atomic E-state index is 11.3. The predicted octanol–water partition coefficient (Wildman–Crippen LogP) is 4.77.